The summed E-state index contributed by atoms with van der Waals surface area (Å²) < 4.78 is 0. The highest BCUT2D eigenvalue weighted by atomic mass is 14.4. The fourth-order valence-electron chi connectivity index (χ4n) is 5.33. The summed E-state index contributed by atoms with van der Waals surface area (Å²) in [5, 5.41) is 0. The fraction of sp³-hybridized carbons (Fsp3) is 0.286. The first-order valence-electron chi connectivity index (χ1n) is 10.4. The van der Waals surface area contributed by atoms with Crippen LogP contribution in [0.1, 0.15) is 54.2 Å². The van der Waals surface area contributed by atoms with E-state index in [1.807, 2.05) is 0 Å². The van der Waals surface area contributed by atoms with Gasteiger partial charge < -0.3 is 0 Å². The van der Waals surface area contributed by atoms with E-state index in [0.29, 0.717) is 5.92 Å². The van der Waals surface area contributed by atoms with Gasteiger partial charge in [-0.1, -0.05) is 81.4 Å². The van der Waals surface area contributed by atoms with E-state index in [1.54, 1.807) is 11.1 Å². The van der Waals surface area contributed by atoms with E-state index in [1.165, 1.54) is 44.5 Å². The maximum absolute atomic E-state index is 2.40. The van der Waals surface area contributed by atoms with Crippen LogP contribution in [-0.2, 0) is 6.42 Å². The predicted octanol–water partition coefficient (Wildman–Crippen LogP) is 7.46. The zero-order valence-electron chi connectivity index (χ0n) is 17.6. The number of allylic oxidation sites excluding steroid dienone is 1. The number of hydrogen-bond acceptors (Lipinski definition) is 0. The lowest BCUT2D eigenvalue weighted by Crippen LogP contribution is -2.21. The summed E-state index contributed by atoms with van der Waals surface area (Å²) in [6.45, 7) is 11.8. The van der Waals surface area contributed by atoms with E-state index in [2.05, 4.69) is 95.3 Å². The molecule has 1 atom stereocenters. The molecule has 0 fully saturated rings. The van der Waals surface area contributed by atoms with Crippen molar-refractivity contribution < 1.29 is 0 Å². The largest absolute Gasteiger partial charge is 0.0616 e. The van der Waals surface area contributed by atoms with Gasteiger partial charge in [0.1, 0.15) is 0 Å². The lowest BCUT2D eigenvalue weighted by Gasteiger charge is -2.30. The highest BCUT2D eigenvalue weighted by Gasteiger charge is 2.40. The molecule has 0 radical (unpaired) electrons. The van der Waals surface area contributed by atoms with Crippen LogP contribution in [0, 0.1) is 25.2 Å². The molecule has 0 heteroatoms. The molecule has 140 valence electrons. The first-order valence-corrected chi connectivity index (χ1v) is 10.4. The monoisotopic (exact) mass is 364 g/mol. The van der Waals surface area contributed by atoms with Gasteiger partial charge in [0.05, 0.1) is 0 Å². The summed E-state index contributed by atoms with van der Waals surface area (Å²) in [5.41, 5.74) is 14.8. The summed E-state index contributed by atoms with van der Waals surface area (Å²) in [5.74, 6) is 0.525. The molecule has 0 saturated carbocycles. The van der Waals surface area contributed by atoms with E-state index < -0.39 is 0 Å². The molecular formula is C28H28. The average Bonchev–Trinajstić information content (AvgIpc) is 3.22. The van der Waals surface area contributed by atoms with E-state index in [-0.39, 0.29) is 5.41 Å². The second-order valence-corrected chi connectivity index (χ2v) is 9.56. The first-order chi connectivity index (χ1) is 13.4. The Kier molecular flexibility index (Phi) is 3.72. The van der Waals surface area contributed by atoms with Gasteiger partial charge in [0.15, 0.2) is 0 Å². The van der Waals surface area contributed by atoms with Crippen LogP contribution in [0.15, 0.2) is 60.7 Å². The van der Waals surface area contributed by atoms with Crippen molar-refractivity contribution in [1.29, 1.82) is 0 Å². The zero-order valence-corrected chi connectivity index (χ0v) is 17.6. The Morgan fingerprint density at radius 3 is 1.71 bits per heavy atom. The molecule has 3 aromatic rings. The minimum Gasteiger partial charge on any atom is -0.0616 e. The van der Waals surface area contributed by atoms with Crippen molar-refractivity contribution in [2.75, 3.05) is 0 Å². The van der Waals surface area contributed by atoms with Gasteiger partial charge in [-0.3, -0.25) is 0 Å². The number of aryl methyl sites for hydroxylation is 2. The van der Waals surface area contributed by atoms with Gasteiger partial charge in [0, 0.05) is 0 Å². The minimum absolute atomic E-state index is 0.215. The molecule has 0 heterocycles. The molecule has 2 aliphatic carbocycles. The van der Waals surface area contributed by atoms with Crippen molar-refractivity contribution in [2.45, 2.75) is 41.0 Å². The Morgan fingerprint density at radius 1 is 0.679 bits per heavy atom. The van der Waals surface area contributed by atoms with Gasteiger partial charge in [0.25, 0.3) is 0 Å². The molecule has 0 aliphatic heterocycles. The molecular weight excluding hydrogens is 336 g/mol. The maximum Gasteiger partial charge on any atom is -0.00575 e. The SMILES string of the molecule is Cc1ccc(C)c2c1CC(C(C)(C)C)C2=C1c2ccccc2-c2ccccc21. The topological polar surface area (TPSA) is 0 Å². The third kappa shape index (κ3) is 2.37. The van der Waals surface area contributed by atoms with Crippen molar-refractivity contribution in [3.05, 3.63) is 94.0 Å². The molecule has 3 aromatic carbocycles. The second kappa shape index (κ2) is 5.95. The number of hydrogen-bond donors (Lipinski definition) is 0. The molecule has 5 rings (SSSR count). The third-order valence-corrected chi connectivity index (χ3v) is 6.78. The van der Waals surface area contributed by atoms with Crippen LogP contribution in [0.3, 0.4) is 0 Å². The number of fused-ring (bicyclic) bond motifs is 4. The predicted molar refractivity (Wildman–Crippen MR) is 120 cm³/mol. The Hall–Kier alpha value is -2.60. The van der Waals surface area contributed by atoms with Crippen molar-refractivity contribution in [1.82, 2.24) is 0 Å². The van der Waals surface area contributed by atoms with Gasteiger partial charge in [-0.15, -0.1) is 0 Å². The van der Waals surface area contributed by atoms with Crippen LogP contribution < -0.4 is 0 Å². The van der Waals surface area contributed by atoms with Gasteiger partial charge in [0.2, 0.25) is 0 Å². The van der Waals surface area contributed by atoms with Crippen molar-refractivity contribution in [3.63, 3.8) is 0 Å². The normalized spacial score (nSPS) is 17.5. The van der Waals surface area contributed by atoms with Gasteiger partial charge in [-0.2, -0.15) is 0 Å². The third-order valence-electron chi connectivity index (χ3n) is 6.78. The average molecular weight is 365 g/mol. The quantitative estimate of drug-likeness (QED) is 0.304. The first kappa shape index (κ1) is 17.5. The fourth-order valence-corrected chi connectivity index (χ4v) is 5.33. The van der Waals surface area contributed by atoms with Crippen LogP contribution in [0.5, 0.6) is 0 Å². The lowest BCUT2D eigenvalue weighted by atomic mass is 9.74. The van der Waals surface area contributed by atoms with Crippen molar-refractivity contribution in [3.8, 4) is 11.1 Å². The molecule has 1 unspecified atom stereocenters. The Morgan fingerprint density at radius 2 is 1.18 bits per heavy atom. The highest BCUT2D eigenvalue weighted by molar-refractivity contribution is 6.12. The van der Waals surface area contributed by atoms with Crippen LogP contribution in [0.2, 0.25) is 0 Å². The highest BCUT2D eigenvalue weighted by Crippen LogP contribution is 2.56. The van der Waals surface area contributed by atoms with Crippen molar-refractivity contribution in [2.24, 2.45) is 11.3 Å². The summed E-state index contributed by atoms with van der Waals surface area (Å²) in [7, 11) is 0. The molecule has 0 spiro atoms. The Bertz CT molecular complexity index is 1090. The molecule has 0 nitrogen and oxygen atoms in total. The van der Waals surface area contributed by atoms with Crippen LogP contribution in [-0.4, -0.2) is 0 Å². The molecule has 0 N–H and O–H groups in total. The second-order valence-electron chi connectivity index (χ2n) is 9.56. The van der Waals surface area contributed by atoms with E-state index in [0.717, 1.165) is 6.42 Å². The zero-order chi connectivity index (χ0) is 19.6. The molecule has 0 bridgehead atoms. The van der Waals surface area contributed by atoms with Gasteiger partial charge >= 0.3 is 0 Å². The van der Waals surface area contributed by atoms with E-state index in [4.69, 9.17) is 0 Å². The standard InChI is InChI=1S/C28H28/c1-17-14-15-18(2)25-23(17)16-24(28(3,4)5)27(25)26-21-12-8-6-10-19(21)20-11-7-9-13-22(20)26/h6-15,24H,16H2,1-5H3. The molecule has 28 heavy (non-hydrogen) atoms. The maximum atomic E-state index is 2.40. The van der Waals surface area contributed by atoms with E-state index >= 15 is 0 Å². The molecule has 0 aromatic heterocycles. The summed E-state index contributed by atoms with van der Waals surface area (Å²) in [6.07, 6.45) is 1.15. The molecule has 2 aliphatic rings. The van der Waals surface area contributed by atoms with E-state index in [9.17, 15) is 0 Å². The number of benzene rings is 3. The Balaban J connectivity index is 1.94. The summed E-state index contributed by atoms with van der Waals surface area (Å²) in [4.78, 5) is 0. The molecule has 0 amide bonds. The van der Waals surface area contributed by atoms with Crippen LogP contribution in [0.25, 0.3) is 22.3 Å². The minimum atomic E-state index is 0.215. The van der Waals surface area contributed by atoms with Gasteiger partial charge in [-0.05, 0) is 87.3 Å². The van der Waals surface area contributed by atoms with Crippen LogP contribution in [0.4, 0.5) is 0 Å². The molecule has 0 saturated heterocycles. The van der Waals surface area contributed by atoms with Crippen molar-refractivity contribution >= 4 is 11.1 Å². The van der Waals surface area contributed by atoms with Gasteiger partial charge in [-0.25, -0.2) is 0 Å². The lowest BCUT2D eigenvalue weighted by molar-refractivity contribution is 0.309. The number of rotatable bonds is 0. The Labute approximate surface area is 168 Å². The summed E-state index contributed by atoms with van der Waals surface area (Å²) in [6, 6.07) is 22.5. The summed E-state index contributed by atoms with van der Waals surface area (Å²) >= 11 is 0. The smallest absolute Gasteiger partial charge is 0.00575 e. The van der Waals surface area contributed by atoms with Crippen LogP contribution >= 0.6 is 0 Å².